The maximum absolute atomic E-state index is 12.3. The number of halogens is 3. The first kappa shape index (κ1) is 20.8. The van der Waals surface area contributed by atoms with Crippen LogP contribution in [-0.2, 0) is 21.4 Å². The Labute approximate surface area is 167 Å². The van der Waals surface area contributed by atoms with Crippen molar-refractivity contribution in [1.82, 2.24) is 5.32 Å². The number of nitrogens with zero attached hydrogens (tertiary/aromatic N) is 1. The Morgan fingerprint density at radius 2 is 1.73 bits per heavy atom. The molecule has 0 saturated carbocycles. The number of aryl methyl sites for hydroxylation is 1. The van der Waals surface area contributed by atoms with Crippen LogP contribution in [0.15, 0.2) is 36.4 Å². The van der Waals surface area contributed by atoms with Crippen molar-refractivity contribution in [3.05, 3.63) is 62.6 Å². The van der Waals surface area contributed by atoms with Crippen molar-refractivity contribution >= 4 is 56.4 Å². The van der Waals surface area contributed by atoms with E-state index < -0.39 is 22.5 Å². The molecular weight excluding hydrogens is 419 g/mol. The number of carbonyl (C=O) groups is 1. The first-order valence-corrected chi connectivity index (χ1v) is 10.5. The molecule has 2 aromatic rings. The third-order valence-corrected chi connectivity index (χ3v) is 5.67. The number of sulfonamides is 1. The van der Waals surface area contributed by atoms with Gasteiger partial charge in [-0.3, -0.25) is 9.10 Å². The molecule has 0 radical (unpaired) electrons. The van der Waals surface area contributed by atoms with E-state index >= 15 is 0 Å². The monoisotopic (exact) mass is 434 g/mol. The van der Waals surface area contributed by atoms with E-state index in [4.69, 9.17) is 34.8 Å². The van der Waals surface area contributed by atoms with Crippen molar-refractivity contribution in [2.24, 2.45) is 0 Å². The summed E-state index contributed by atoms with van der Waals surface area (Å²) >= 11 is 17.9. The van der Waals surface area contributed by atoms with Gasteiger partial charge in [-0.15, -0.1) is 0 Å². The van der Waals surface area contributed by atoms with Crippen molar-refractivity contribution in [2.45, 2.75) is 13.5 Å². The number of carbonyl (C=O) groups excluding carboxylic acids is 1. The summed E-state index contributed by atoms with van der Waals surface area (Å²) in [6, 6.07) is 10.3. The van der Waals surface area contributed by atoms with Gasteiger partial charge in [0.15, 0.2) is 0 Å². The Morgan fingerprint density at radius 1 is 1.08 bits per heavy atom. The van der Waals surface area contributed by atoms with Gasteiger partial charge in [0.1, 0.15) is 6.54 Å². The Balaban J connectivity index is 2.18. The number of anilines is 1. The van der Waals surface area contributed by atoms with E-state index in [-0.39, 0.29) is 27.3 Å². The molecule has 0 bridgehead atoms. The highest BCUT2D eigenvalue weighted by Crippen LogP contribution is 2.35. The predicted molar refractivity (Wildman–Crippen MR) is 107 cm³/mol. The Hall–Kier alpha value is -1.47. The minimum absolute atomic E-state index is 0.0799. The van der Waals surface area contributed by atoms with E-state index in [1.165, 1.54) is 12.1 Å². The van der Waals surface area contributed by atoms with Crippen molar-refractivity contribution in [3.8, 4) is 0 Å². The average molecular weight is 436 g/mol. The largest absolute Gasteiger partial charge is 0.350 e. The third-order valence-electron chi connectivity index (χ3n) is 3.52. The zero-order valence-electron chi connectivity index (χ0n) is 14.1. The molecule has 1 N–H and O–H groups in total. The van der Waals surface area contributed by atoms with Crippen LogP contribution < -0.4 is 9.62 Å². The number of hydrogen-bond donors (Lipinski definition) is 1. The molecule has 2 aromatic carbocycles. The number of rotatable bonds is 6. The van der Waals surface area contributed by atoms with Crippen LogP contribution in [0.1, 0.15) is 11.1 Å². The van der Waals surface area contributed by atoms with E-state index in [2.05, 4.69) is 5.32 Å². The van der Waals surface area contributed by atoms with Gasteiger partial charge in [0, 0.05) is 6.54 Å². The molecular formula is C17H17Cl3N2O3S. The first-order valence-electron chi connectivity index (χ1n) is 7.52. The second kappa shape index (κ2) is 8.48. The van der Waals surface area contributed by atoms with Gasteiger partial charge in [-0.1, -0.05) is 64.6 Å². The summed E-state index contributed by atoms with van der Waals surface area (Å²) in [6.07, 6.45) is 0.986. The summed E-state index contributed by atoms with van der Waals surface area (Å²) in [5.41, 5.74) is 2.07. The summed E-state index contributed by atoms with van der Waals surface area (Å²) in [4.78, 5) is 12.3. The lowest BCUT2D eigenvalue weighted by Crippen LogP contribution is -2.40. The number of hydrogen-bond acceptors (Lipinski definition) is 3. The van der Waals surface area contributed by atoms with Crippen LogP contribution in [0, 0.1) is 6.92 Å². The van der Waals surface area contributed by atoms with Gasteiger partial charge in [-0.05, 0) is 24.6 Å². The minimum atomic E-state index is -3.77. The molecule has 0 unspecified atom stereocenters. The maximum atomic E-state index is 12.3. The standard InChI is InChI=1S/C17H17Cl3N2O3S/c1-11-4-3-5-12(6-11)9-21-17(23)10-22(26(2,24)25)16-8-14(19)13(18)7-15(16)20/h3-8H,9-10H2,1-2H3,(H,21,23). The van der Waals surface area contributed by atoms with Gasteiger partial charge in [0.05, 0.1) is 27.0 Å². The van der Waals surface area contributed by atoms with Crippen molar-refractivity contribution < 1.29 is 13.2 Å². The molecule has 0 aliphatic rings. The fraction of sp³-hybridized carbons (Fsp3) is 0.235. The summed E-state index contributed by atoms with van der Waals surface area (Å²) in [6.45, 7) is 1.80. The van der Waals surface area contributed by atoms with Gasteiger partial charge >= 0.3 is 0 Å². The second-order valence-corrected chi connectivity index (χ2v) is 8.88. The molecule has 0 atom stereocenters. The zero-order chi connectivity index (χ0) is 19.5. The van der Waals surface area contributed by atoms with Crippen molar-refractivity contribution in [3.63, 3.8) is 0 Å². The van der Waals surface area contributed by atoms with E-state index in [1.807, 2.05) is 31.2 Å². The molecule has 2 rings (SSSR count). The van der Waals surface area contributed by atoms with Crippen LogP contribution in [0.25, 0.3) is 0 Å². The van der Waals surface area contributed by atoms with Crippen molar-refractivity contribution in [2.75, 3.05) is 17.1 Å². The van der Waals surface area contributed by atoms with Gasteiger partial charge in [-0.2, -0.15) is 0 Å². The maximum Gasteiger partial charge on any atom is 0.241 e. The Kier molecular flexibility index (Phi) is 6.80. The molecule has 5 nitrogen and oxygen atoms in total. The smallest absolute Gasteiger partial charge is 0.241 e. The minimum Gasteiger partial charge on any atom is -0.350 e. The van der Waals surface area contributed by atoms with Crippen LogP contribution in [0.4, 0.5) is 5.69 Å². The fourth-order valence-corrected chi connectivity index (χ4v) is 3.85. The second-order valence-electron chi connectivity index (χ2n) is 5.75. The fourth-order valence-electron chi connectivity index (χ4n) is 2.29. The molecule has 140 valence electrons. The molecule has 0 aliphatic carbocycles. The third kappa shape index (κ3) is 5.51. The lowest BCUT2D eigenvalue weighted by Gasteiger charge is -2.23. The van der Waals surface area contributed by atoms with E-state index in [9.17, 15) is 13.2 Å². The van der Waals surface area contributed by atoms with Crippen LogP contribution >= 0.6 is 34.8 Å². The van der Waals surface area contributed by atoms with Gasteiger partial charge in [0.25, 0.3) is 0 Å². The molecule has 0 aliphatic heterocycles. The van der Waals surface area contributed by atoms with E-state index in [0.717, 1.165) is 21.7 Å². The zero-order valence-corrected chi connectivity index (χ0v) is 17.2. The average Bonchev–Trinajstić information content (AvgIpc) is 2.53. The molecule has 26 heavy (non-hydrogen) atoms. The Morgan fingerprint density at radius 3 is 2.35 bits per heavy atom. The SMILES string of the molecule is Cc1cccc(CNC(=O)CN(c2cc(Cl)c(Cl)cc2Cl)S(C)(=O)=O)c1. The van der Waals surface area contributed by atoms with Crippen molar-refractivity contribution in [1.29, 1.82) is 0 Å². The molecule has 0 fully saturated rings. The molecule has 0 aromatic heterocycles. The van der Waals surface area contributed by atoms with E-state index in [1.54, 1.807) is 0 Å². The summed E-state index contributed by atoms with van der Waals surface area (Å²) < 4.78 is 25.2. The van der Waals surface area contributed by atoms with Gasteiger partial charge < -0.3 is 5.32 Å². The molecule has 0 spiro atoms. The number of nitrogens with one attached hydrogen (secondary N) is 1. The molecule has 0 saturated heterocycles. The molecule has 1 amide bonds. The first-order chi connectivity index (χ1) is 12.1. The lowest BCUT2D eigenvalue weighted by molar-refractivity contribution is -0.119. The quantitative estimate of drug-likeness (QED) is 0.696. The molecule has 9 heteroatoms. The highest BCUT2D eigenvalue weighted by Gasteiger charge is 2.24. The summed E-state index contributed by atoms with van der Waals surface area (Å²) in [7, 11) is -3.77. The highest BCUT2D eigenvalue weighted by molar-refractivity contribution is 7.92. The molecule has 0 heterocycles. The Bertz CT molecular complexity index is 933. The summed E-state index contributed by atoms with van der Waals surface area (Å²) in [5, 5.41) is 3.11. The van der Waals surface area contributed by atoms with Crippen LogP contribution in [0.5, 0.6) is 0 Å². The summed E-state index contributed by atoms with van der Waals surface area (Å²) in [5.74, 6) is -0.473. The van der Waals surface area contributed by atoms with Gasteiger partial charge in [0.2, 0.25) is 15.9 Å². The highest BCUT2D eigenvalue weighted by atomic mass is 35.5. The normalized spacial score (nSPS) is 11.3. The van der Waals surface area contributed by atoms with Gasteiger partial charge in [-0.25, -0.2) is 8.42 Å². The van der Waals surface area contributed by atoms with E-state index in [0.29, 0.717) is 0 Å². The predicted octanol–water partition coefficient (Wildman–Crippen LogP) is 4.04. The van der Waals surface area contributed by atoms with Crippen LogP contribution in [0.3, 0.4) is 0 Å². The lowest BCUT2D eigenvalue weighted by atomic mass is 10.1. The number of benzene rings is 2. The number of amides is 1. The van der Waals surface area contributed by atoms with Crippen LogP contribution in [0.2, 0.25) is 15.1 Å². The van der Waals surface area contributed by atoms with Crippen LogP contribution in [-0.4, -0.2) is 27.1 Å². The topological polar surface area (TPSA) is 66.5 Å².